The molecule has 1 heterocycles. The number of hydrogen-bond donors (Lipinski definition) is 2. The molecule has 142 valence electrons. The fraction of sp³-hybridized carbons (Fsp3) is 0.312. The van der Waals surface area contributed by atoms with Gasteiger partial charge in [-0.1, -0.05) is 60.3 Å². The number of anilines is 1. The summed E-state index contributed by atoms with van der Waals surface area (Å²) >= 11 is 23.9. The van der Waals surface area contributed by atoms with Gasteiger partial charge in [0.1, 0.15) is 0 Å². The lowest BCUT2D eigenvalue weighted by Gasteiger charge is -2.26. The van der Waals surface area contributed by atoms with Crippen molar-refractivity contribution in [3.05, 3.63) is 50.7 Å². The Kier molecular flexibility index (Phi) is 7.04. The molecule has 2 rings (SSSR count). The zero-order valence-corrected chi connectivity index (χ0v) is 17.8. The second-order valence-electron chi connectivity index (χ2n) is 6.40. The summed E-state index contributed by atoms with van der Waals surface area (Å²) in [7, 11) is -3.72. The Labute approximate surface area is 173 Å². The number of aromatic nitrogens is 1. The van der Waals surface area contributed by atoms with Crippen LogP contribution < -0.4 is 10.0 Å². The summed E-state index contributed by atoms with van der Waals surface area (Å²) < 4.78 is 27.5. The summed E-state index contributed by atoms with van der Waals surface area (Å²) in [6, 6.07) is 4.16. The van der Waals surface area contributed by atoms with Crippen molar-refractivity contribution in [1.82, 2.24) is 9.71 Å². The van der Waals surface area contributed by atoms with Crippen LogP contribution in [0.1, 0.15) is 13.8 Å². The summed E-state index contributed by atoms with van der Waals surface area (Å²) in [4.78, 5) is 3.94. The third-order valence-corrected chi connectivity index (χ3v) is 6.25. The van der Waals surface area contributed by atoms with E-state index in [9.17, 15) is 8.42 Å². The predicted octanol–water partition coefficient (Wildman–Crippen LogP) is 5.11. The second-order valence-corrected chi connectivity index (χ2v) is 9.79. The van der Waals surface area contributed by atoms with Crippen molar-refractivity contribution < 1.29 is 8.42 Å². The minimum atomic E-state index is -3.72. The normalized spacial score (nSPS) is 12.2. The number of rotatable bonds is 7. The first-order valence-corrected chi connectivity index (χ1v) is 10.5. The van der Waals surface area contributed by atoms with Gasteiger partial charge < -0.3 is 5.32 Å². The minimum Gasteiger partial charge on any atom is -0.382 e. The van der Waals surface area contributed by atoms with Gasteiger partial charge in [-0.2, -0.15) is 0 Å². The molecule has 1 aromatic heterocycles. The fourth-order valence-corrected chi connectivity index (χ4v) is 4.12. The van der Waals surface area contributed by atoms with Crippen LogP contribution in [0.4, 0.5) is 5.69 Å². The summed E-state index contributed by atoms with van der Waals surface area (Å²) in [5.41, 5.74) is 0.128. The predicted molar refractivity (Wildman–Crippen MR) is 108 cm³/mol. The summed E-state index contributed by atoms with van der Waals surface area (Å²) in [5, 5.41) is 4.39. The molecule has 0 radical (unpaired) electrons. The lowest BCUT2D eigenvalue weighted by atomic mass is 9.94. The summed E-state index contributed by atoms with van der Waals surface area (Å²) in [5.74, 6) is 0. The molecular weight excluding hydrogens is 440 g/mol. The van der Waals surface area contributed by atoms with E-state index in [1.54, 1.807) is 0 Å². The SMILES string of the molecule is CC(C)(CNc1c(Cl)cncc1Cl)CNS(=O)(=O)c1ccc(Cl)c(Cl)c1. The Bertz CT molecular complexity index is 884. The molecule has 0 bridgehead atoms. The van der Waals surface area contributed by atoms with Crippen molar-refractivity contribution in [1.29, 1.82) is 0 Å². The van der Waals surface area contributed by atoms with Gasteiger partial charge in [-0.3, -0.25) is 4.98 Å². The molecule has 26 heavy (non-hydrogen) atoms. The molecule has 0 saturated carbocycles. The van der Waals surface area contributed by atoms with Crippen molar-refractivity contribution >= 4 is 62.1 Å². The van der Waals surface area contributed by atoms with E-state index in [1.807, 2.05) is 13.8 Å². The summed E-state index contributed by atoms with van der Waals surface area (Å²) in [6.07, 6.45) is 2.96. The zero-order chi connectivity index (χ0) is 19.5. The Morgan fingerprint density at radius 1 is 0.962 bits per heavy atom. The molecule has 0 spiro atoms. The molecule has 0 atom stereocenters. The van der Waals surface area contributed by atoms with Gasteiger partial charge in [0.15, 0.2) is 0 Å². The van der Waals surface area contributed by atoms with Gasteiger partial charge in [0.25, 0.3) is 0 Å². The highest BCUT2D eigenvalue weighted by Gasteiger charge is 2.23. The van der Waals surface area contributed by atoms with E-state index in [2.05, 4.69) is 15.0 Å². The highest BCUT2D eigenvalue weighted by atomic mass is 35.5. The molecule has 0 fully saturated rings. The van der Waals surface area contributed by atoms with Crippen LogP contribution in [-0.2, 0) is 10.0 Å². The monoisotopic (exact) mass is 455 g/mol. The number of benzene rings is 1. The van der Waals surface area contributed by atoms with E-state index < -0.39 is 15.4 Å². The van der Waals surface area contributed by atoms with Gasteiger partial charge in [-0.05, 0) is 23.6 Å². The van der Waals surface area contributed by atoms with Gasteiger partial charge in [-0.25, -0.2) is 13.1 Å². The standard InChI is InChI=1S/C16H17Cl4N3O2S/c1-16(2,8-22-15-13(19)6-21-7-14(15)20)9-23-26(24,25)10-3-4-11(17)12(18)5-10/h3-7,23H,8-9H2,1-2H3,(H,21,22). The van der Waals surface area contributed by atoms with Gasteiger partial charge >= 0.3 is 0 Å². The quantitative estimate of drug-likeness (QED) is 0.606. The number of halogens is 4. The molecule has 1 aromatic carbocycles. The van der Waals surface area contributed by atoms with Crippen molar-refractivity contribution in [3.63, 3.8) is 0 Å². The van der Waals surface area contributed by atoms with Crippen LogP contribution in [0.15, 0.2) is 35.5 Å². The minimum absolute atomic E-state index is 0.0517. The van der Waals surface area contributed by atoms with Crippen LogP contribution in [0.2, 0.25) is 20.1 Å². The lowest BCUT2D eigenvalue weighted by Crippen LogP contribution is -2.38. The second kappa shape index (κ2) is 8.50. The first-order chi connectivity index (χ1) is 12.0. The van der Waals surface area contributed by atoms with Crippen LogP contribution in [-0.4, -0.2) is 26.5 Å². The topological polar surface area (TPSA) is 71.1 Å². The molecule has 0 amide bonds. The Balaban J connectivity index is 2.03. The molecule has 5 nitrogen and oxygen atoms in total. The van der Waals surface area contributed by atoms with Crippen molar-refractivity contribution in [2.24, 2.45) is 5.41 Å². The number of hydrogen-bond acceptors (Lipinski definition) is 4. The maximum absolute atomic E-state index is 12.4. The molecule has 2 N–H and O–H groups in total. The number of sulfonamides is 1. The average Bonchev–Trinajstić information content (AvgIpc) is 2.55. The van der Waals surface area contributed by atoms with E-state index >= 15 is 0 Å². The lowest BCUT2D eigenvalue weighted by molar-refractivity contribution is 0.388. The van der Waals surface area contributed by atoms with Crippen molar-refractivity contribution in [2.45, 2.75) is 18.7 Å². The molecule has 0 saturated heterocycles. The molecule has 0 unspecified atom stereocenters. The van der Waals surface area contributed by atoms with Crippen LogP contribution in [0.25, 0.3) is 0 Å². The molecular formula is C16H17Cl4N3O2S. The maximum Gasteiger partial charge on any atom is 0.240 e. The Hall–Kier alpha value is -0.760. The number of nitrogens with zero attached hydrogens (tertiary/aromatic N) is 1. The first kappa shape index (κ1) is 21.5. The Morgan fingerprint density at radius 2 is 1.58 bits per heavy atom. The van der Waals surface area contributed by atoms with Crippen LogP contribution in [0.5, 0.6) is 0 Å². The molecule has 2 aromatic rings. The summed E-state index contributed by atoms with van der Waals surface area (Å²) in [6.45, 7) is 4.42. The van der Waals surface area contributed by atoms with Gasteiger partial charge in [0.05, 0.1) is 30.7 Å². The van der Waals surface area contributed by atoms with E-state index in [4.69, 9.17) is 46.4 Å². The third-order valence-electron chi connectivity index (χ3n) is 3.54. The van der Waals surface area contributed by atoms with Crippen molar-refractivity contribution in [3.8, 4) is 0 Å². The highest BCUT2D eigenvalue weighted by molar-refractivity contribution is 7.89. The van der Waals surface area contributed by atoms with Crippen LogP contribution in [0.3, 0.4) is 0 Å². The van der Waals surface area contributed by atoms with Gasteiger partial charge in [0.2, 0.25) is 10.0 Å². The zero-order valence-electron chi connectivity index (χ0n) is 14.0. The third kappa shape index (κ3) is 5.62. The highest BCUT2D eigenvalue weighted by Crippen LogP contribution is 2.30. The van der Waals surface area contributed by atoms with Crippen molar-refractivity contribution in [2.75, 3.05) is 18.4 Å². The van der Waals surface area contributed by atoms with E-state index in [0.717, 1.165) is 0 Å². The van der Waals surface area contributed by atoms with Crippen LogP contribution in [0, 0.1) is 5.41 Å². The van der Waals surface area contributed by atoms with E-state index in [-0.39, 0.29) is 16.5 Å². The molecule has 0 aliphatic rings. The number of pyridine rings is 1. The van der Waals surface area contributed by atoms with E-state index in [0.29, 0.717) is 27.3 Å². The number of nitrogens with one attached hydrogen (secondary N) is 2. The van der Waals surface area contributed by atoms with Gasteiger partial charge in [0, 0.05) is 25.5 Å². The molecule has 0 aliphatic heterocycles. The van der Waals surface area contributed by atoms with E-state index in [1.165, 1.54) is 30.6 Å². The Morgan fingerprint density at radius 3 is 2.15 bits per heavy atom. The fourth-order valence-electron chi connectivity index (χ4n) is 1.99. The molecule has 10 heteroatoms. The first-order valence-electron chi connectivity index (χ1n) is 7.49. The smallest absolute Gasteiger partial charge is 0.240 e. The average molecular weight is 457 g/mol. The maximum atomic E-state index is 12.4. The molecule has 0 aliphatic carbocycles. The van der Waals surface area contributed by atoms with Gasteiger partial charge in [-0.15, -0.1) is 0 Å². The largest absolute Gasteiger partial charge is 0.382 e. The van der Waals surface area contributed by atoms with Crippen LogP contribution >= 0.6 is 46.4 Å².